The van der Waals surface area contributed by atoms with Crippen molar-refractivity contribution >= 4 is 11.8 Å². The van der Waals surface area contributed by atoms with Crippen LogP contribution < -0.4 is 4.90 Å². The summed E-state index contributed by atoms with van der Waals surface area (Å²) in [4.78, 5) is 20.3. The van der Waals surface area contributed by atoms with Gasteiger partial charge < -0.3 is 14.4 Å². The van der Waals surface area contributed by atoms with E-state index in [4.69, 9.17) is 9.52 Å². The van der Waals surface area contributed by atoms with E-state index in [1.807, 2.05) is 31.0 Å². The van der Waals surface area contributed by atoms with Gasteiger partial charge in [-0.25, -0.2) is 14.8 Å². The molecule has 0 atom stereocenters. The van der Waals surface area contributed by atoms with Crippen LogP contribution in [0.2, 0.25) is 0 Å². The van der Waals surface area contributed by atoms with Crippen LogP contribution in [0.5, 0.6) is 0 Å². The van der Waals surface area contributed by atoms with Crippen LogP contribution in [0.25, 0.3) is 0 Å². The van der Waals surface area contributed by atoms with Crippen molar-refractivity contribution in [3.63, 3.8) is 0 Å². The first kappa shape index (κ1) is 12.1. The van der Waals surface area contributed by atoms with E-state index < -0.39 is 5.97 Å². The van der Waals surface area contributed by atoms with Gasteiger partial charge >= 0.3 is 5.97 Å². The van der Waals surface area contributed by atoms with E-state index in [-0.39, 0.29) is 5.69 Å². The third-order valence-corrected chi connectivity index (χ3v) is 2.44. The minimum atomic E-state index is -1.08. The number of rotatable bonds is 4. The van der Waals surface area contributed by atoms with Gasteiger partial charge in [0, 0.05) is 7.05 Å². The van der Waals surface area contributed by atoms with Gasteiger partial charge in [-0.05, 0) is 19.1 Å². The SMILES string of the molecule is Cc1ccc(CN(C)c2cnc(C(=O)O)cn2)o1. The highest BCUT2D eigenvalue weighted by Crippen LogP contribution is 2.13. The zero-order valence-electron chi connectivity index (χ0n) is 10.1. The van der Waals surface area contributed by atoms with Crippen molar-refractivity contribution in [1.29, 1.82) is 0 Å². The van der Waals surface area contributed by atoms with E-state index in [9.17, 15) is 4.79 Å². The number of nitrogens with zero attached hydrogens (tertiary/aromatic N) is 3. The highest BCUT2D eigenvalue weighted by atomic mass is 16.4. The molecule has 0 aliphatic carbocycles. The molecule has 2 heterocycles. The molecule has 0 radical (unpaired) electrons. The Hall–Kier alpha value is -2.37. The molecule has 0 unspecified atom stereocenters. The Morgan fingerprint density at radius 2 is 2.17 bits per heavy atom. The zero-order chi connectivity index (χ0) is 13.1. The quantitative estimate of drug-likeness (QED) is 0.886. The molecule has 0 bridgehead atoms. The van der Waals surface area contributed by atoms with Crippen LogP contribution in [0, 0.1) is 6.92 Å². The summed E-state index contributed by atoms with van der Waals surface area (Å²) in [6.45, 7) is 2.43. The van der Waals surface area contributed by atoms with Gasteiger partial charge in [0.15, 0.2) is 5.69 Å². The van der Waals surface area contributed by atoms with E-state index in [1.165, 1.54) is 12.4 Å². The Morgan fingerprint density at radius 1 is 1.39 bits per heavy atom. The Labute approximate surface area is 104 Å². The molecule has 2 aromatic heterocycles. The Balaban J connectivity index is 2.09. The average molecular weight is 247 g/mol. The molecule has 2 aromatic rings. The molecule has 18 heavy (non-hydrogen) atoms. The maximum absolute atomic E-state index is 10.6. The van der Waals surface area contributed by atoms with Crippen LogP contribution in [0.4, 0.5) is 5.82 Å². The molecule has 0 spiro atoms. The van der Waals surface area contributed by atoms with E-state index in [1.54, 1.807) is 0 Å². The Morgan fingerprint density at radius 3 is 2.67 bits per heavy atom. The lowest BCUT2D eigenvalue weighted by Gasteiger charge is -2.15. The summed E-state index contributed by atoms with van der Waals surface area (Å²) in [5, 5.41) is 8.72. The minimum absolute atomic E-state index is 0.0685. The van der Waals surface area contributed by atoms with Crippen molar-refractivity contribution < 1.29 is 14.3 Å². The van der Waals surface area contributed by atoms with Gasteiger partial charge in [0.25, 0.3) is 0 Å². The smallest absolute Gasteiger partial charge is 0.356 e. The van der Waals surface area contributed by atoms with Gasteiger partial charge in [-0.1, -0.05) is 0 Å². The lowest BCUT2D eigenvalue weighted by Crippen LogP contribution is -2.18. The van der Waals surface area contributed by atoms with Crippen LogP contribution in [0.15, 0.2) is 28.9 Å². The van der Waals surface area contributed by atoms with E-state index >= 15 is 0 Å². The summed E-state index contributed by atoms with van der Waals surface area (Å²) in [7, 11) is 1.84. The second-order valence-corrected chi connectivity index (χ2v) is 3.93. The number of furan rings is 1. The molecule has 0 aliphatic rings. The number of carbonyl (C=O) groups is 1. The first-order valence-electron chi connectivity index (χ1n) is 5.38. The fourth-order valence-electron chi connectivity index (χ4n) is 1.51. The van der Waals surface area contributed by atoms with E-state index in [0.29, 0.717) is 12.4 Å². The lowest BCUT2D eigenvalue weighted by molar-refractivity contribution is 0.0690. The Bertz CT molecular complexity index is 548. The molecule has 0 fully saturated rings. The molecule has 6 heteroatoms. The Kier molecular flexibility index (Phi) is 3.27. The van der Waals surface area contributed by atoms with Crippen LogP contribution in [-0.2, 0) is 6.54 Å². The predicted octanol–water partition coefficient (Wildman–Crippen LogP) is 1.71. The zero-order valence-corrected chi connectivity index (χ0v) is 10.1. The lowest BCUT2D eigenvalue weighted by atomic mass is 10.4. The van der Waals surface area contributed by atoms with Crippen molar-refractivity contribution in [3.05, 3.63) is 41.7 Å². The van der Waals surface area contributed by atoms with Gasteiger partial charge in [-0.15, -0.1) is 0 Å². The molecule has 0 aliphatic heterocycles. The number of aryl methyl sites for hydroxylation is 1. The minimum Gasteiger partial charge on any atom is -0.476 e. The van der Waals surface area contributed by atoms with Crippen LogP contribution >= 0.6 is 0 Å². The molecule has 0 saturated heterocycles. The fraction of sp³-hybridized carbons (Fsp3) is 0.250. The third kappa shape index (κ3) is 2.65. The van der Waals surface area contributed by atoms with Crippen molar-refractivity contribution in [3.8, 4) is 0 Å². The van der Waals surface area contributed by atoms with E-state index in [0.717, 1.165) is 11.5 Å². The molecule has 6 nitrogen and oxygen atoms in total. The monoisotopic (exact) mass is 247 g/mol. The summed E-state index contributed by atoms with van der Waals surface area (Å²) in [5.74, 6) is 1.18. The number of aromatic nitrogens is 2. The molecular weight excluding hydrogens is 234 g/mol. The molecule has 0 amide bonds. The van der Waals surface area contributed by atoms with Crippen molar-refractivity contribution in [2.45, 2.75) is 13.5 Å². The van der Waals surface area contributed by atoms with Crippen LogP contribution in [0.3, 0.4) is 0 Å². The van der Waals surface area contributed by atoms with Crippen molar-refractivity contribution in [2.75, 3.05) is 11.9 Å². The van der Waals surface area contributed by atoms with Gasteiger partial charge in [-0.2, -0.15) is 0 Å². The summed E-state index contributed by atoms with van der Waals surface area (Å²) in [6.07, 6.45) is 2.67. The highest BCUT2D eigenvalue weighted by molar-refractivity contribution is 5.84. The summed E-state index contributed by atoms with van der Waals surface area (Å²) in [5.41, 5.74) is -0.0685. The standard InChI is InChI=1S/C12H13N3O3/c1-8-3-4-9(18-8)7-15(2)11-6-13-10(5-14-11)12(16)17/h3-6H,7H2,1-2H3,(H,16,17). The number of hydrogen-bond acceptors (Lipinski definition) is 5. The second-order valence-electron chi connectivity index (χ2n) is 3.93. The number of carboxylic acid groups (broad SMARTS) is 1. The normalized spacial score (nSPS) is 10.3. The largest absolute Gasteiger partial charge is 0.476 e. The molecule has 0 aromatic carbocycles. The first-order valence-corrected chi connectivity index (χ1v) is 5.38. The molecular formula is C12H13N3O3. The topological polar surface area (TPSA) is 79.5 Å². The number of anilines is 1. The second kappa shape index (κ2) is 4.87. The van der Waals surface area contributed by atoms with Crippen molar-refractivity contribution in [2.24, 2.45) is 0 Å². The predicted molar refractivity (Wildman–Crippen MR) is 64.5 cm³/mol. The van der Waals surface area contributed by atoms with Crippen molar-refractivity contribution in [1.82, 2.24) is 9.97 Å². The average Bonchev–Trinajstić information content (AvgIpc) is 2.75. The molecule has 1 N–H and O–H groups in total. The summed E-state index contributed by atoms with van der Waals surface area (Å²) in [6, 6.07) is 3.78. The van der Waals surface area contributed by atoms with Crippen LogP contribution in [-0.4, -0.2) is 28.1 Å². The molecule has 94 valence electrons. The molecule has 0 saturated carbocycles. The number of aromatic carboxylic acids is 1. The molecule has 2 rings (SSSR count). The fourth-order valence-corrected chi connectivity index (χ4v) is 1.51. The van der Waals surface area contributed by atoms with Gasteiger partial charge in [-0.3, -0.25) is 0 Å². The van der Waals surface area contributed by atoms with Gasteiger partial charge in [0.2, 0.25) is 0 Å². The first-order chi connectivity index (χ1) is 8.56. The van der Waals surface area contributed by atoms with Crippen LogP contribution in [0.1, 0.15) is 22.0 Å². The third-order valence-electron chi connectivity index (χ3n) is 2.44. The van der Waals surface area contributed by atoms with Gasteiger partial charge in [0.05, 0.1) is 18.9 Å². The number of carboxylic acids is 1. The number of hydrogen-bond donors (Lipinski definition) is 1. The summed E-state index contributed by atoms with van der Waals surface area (Å²) >= 11 is 0. The van der Waals surface area contributed by atoms with Gasteiger partial charge in [0.1, 0.15) is 17.3 Å². The summed E-state index contributed by atoms with van der Waals surface area (Å²) < 4.78 is 5.45. The highest BCUT2D eigenvalue weighted by Gasteiger charge is 2.09. The van der Waals surface area contributed by atoms with E-state index in [2.05, 4.69) is 9.97 Å². The maximum Gasteiger partial charge on any atom is 0.356 e. The maximum atomic E-state index is 10.6.